The second kappa shape index (κ2) is 10.00. The monoisotopic (exact) mass is 459 g/mol. The molecule has 3 aromatic rings. The lowest BCUT2D eigenvalue weighted by Gasteiger charge is -2.18. The first-order valence-electron chi connectivity index (χ1n) is 11.4. The van der Waals surface area contributed by atoms with Crippen molar-refractivity contribution in [1.82, 2.24) is 0 Å². The zero-order valence-corrected chi connectivity index (χ0v) is 19.7. The molecule has 0 bridgehead atoms. The standard InChI is InChI=1S/C28H29NO5/c1-18(2)20-6-4-19(5-7-20)17-34-24-11-9-23(10-12-24)29-16-22(15-27(29)30)21-8-13-25(28(31)32)26(14-21)33-3/h4-14,18,22H,15-17H2,1-3H3,(H,31,32). The summed E-state index contributed by atoms with van der Waals surface area (Å²) in [7, 11) is 1.45. The van der Waals surface area contributed by atoms with Gasteiger partial charge in [-0.2, -0.15) is 0 Å². The minimum absolute atomic E-state index is 0.0326. The van der Waals surface area contributed by atoms with Crippen molar-refractivity contribution in [2.75, 3.05) is 18.6 Å². The van der Waals surface area contributed by atoms with Crippen LogP contribution in [0.25, 0.3) is 0 Å². The van der Waals surface area contributed by atoms with E-state index in [2.05, 4.69) is 38.1 Å². The quantitative estimate of drug-likeness (QED) is 0.473. The molecule has 0 saturated carbocycles. The Morgan fingerprint density at radius 1 is 1.06 bits per heavy atom. The lowest BCUT2D eigenvalue weighted by molar-refractivity contribution is -0.117. The Morgan fingerprint density at radius 2 is 1.76 bits per heavy atom. The molecule has 3 aromatic carbocycles. The fraction of sp³-hybridized carbons (Fsp3) is 0.286. The molecule has 6 nitrogen and oxygen atoms in total. The summed E-state index contributed by atoms with van der Waals surface area (Å²) in [6.45, 7) is 5.35. The van der Waals surface area contributed by atoms with Gasteiger partial charge in [0.15, 0.2) is 0 Å². The molecule has 0 aliphatic carbocycles. The third-order valence-corrected chi connectivity index (χ3v) is 6.25. The van der Waals surface area contributed by atoms with Gasteiger partial charge in [-0.25, -0.2) is 4.79 Å². The average molecular weight is 460 g/mol. The molecule has 1 aliphatic rings. The maximum Gasteiger partial charge on any atom is 0.339 e. The van der Waals surface area contributed by atoms with Gasteiger partial charge in [0.25, 0.3) is 0 Å². The van der Waals surface area contributed by atoms with Gasteiger partial charge in [0, 0.05) is 24.6 Å². The van der Waals surface area contributed by atoms with Crippen molar-refractivity contribution < 1.29 is 24.2 Å². The van der Waals surface area contributed by atoms with E-state index in [-0.39, 0.29) is 17.4 Å². The number of benzene rings is 3. The van der Waals surface area contributed by atoms with Crippen molar-refractivity contribution in [3.8, 4) is 11.5 Å². The van der Waals surface area contributed by atoms with Crippen LogP contribution in [-0.4, -0.2) is 30.6 Å². The number of aromatic carboxylic acids is 1. The first-order valence-corrected chi connectivity index (χ1v) is 11.4. The topological polar surface area (TPSA) is 76.1 Å². The zero-order chi connectivity index (χ0) is 24.2. The highest BCUT2D eigenvalue weighted by molar-refractivity contribution is 5.96. The summed E-state index contributed by atoms with van der Waals surface area (Å²) in [5, 5.41) is 9.29. The number of carboxylic acid groups (broad SMARTS) is 1. The summed E-state index contributed by atoms with van der Waals surface area (Å²) in [6, 6.07) is 21.0. The summed E-state index contributed by atoms with van der Waals surface area (Å²) in [5.74, 6) is 0.508. The maximum atomic E-state index is 12.7. The molecule has 1 atom stereocenters. The number of rotatable bonds is 8. The molecular weight excluding hydrogens is 430 g/mol. The van der Waals surface area contributed by atoms with Crippen LogP contribution in [0.15, 0.2) is 66.7 Å². The van der Waals surface area contributed by atoms with Gasteiger partial charge < -0.3 is 19.5 Å². The number of hydrogen-bond donors (Lipinski definition) is 1. The van der Waals surface area contributed by atoms with Gasteiger partial charge in [-0.1, -0.05) is 44.2 Å². The third kappa shape index (κ3) is 5.06. The van der Waals surface area contributed by atoms with Crippen LogP contribution in [-0.2, 0) is 11.4 Å². The molecule has 176 valence electrons. The van der Waals surface area contributed by atoms with Crippen LogP contribution < -0.4 is 14.4 Å². The van der Waals surface area contributed by atoms with E-state index >= 15 is 0 Å². The molecule has 4 rings (SSSR count). The first-order chi connectivity index (χ1) is 16.4. The SMILES string of the molecule is COc1cc(C2CC(=O)N(c3ccc(OCc4ccc(C(C)C)cc4)cc3)C2)ccc1C(=O)O. The zero-order valence-electron chi connectivity index (χ0n) is 19.7. The Hall–Kier alpha value is -3.80. The van der Waals surface area contributed by atoms with Gasteiger partial charge >= 0.3 is 5.97 Å². The largest absolute Gasteiger partial charge is 0.496 e. The minimum Gasteiger partial charge on any atom is -0.496 e. The van der Waals surface area contributed by atoms with Crippen molar-refractivity contribution in [1.29, 1.82) is 0 Å². The smallest absolute Gasteiger partial charge is 0.339 e. The Balaban J connectivity index is 1.40. The summed E-state index contributed by atoms with van der Waals surface area (Å²) in [5.41, 5.74) is 4.23. The number of ether oxygens (including phenoxy) is 2. The van der Waals surface area contributed by atoms with Crippen LogP contribution in [0, 0.1) is 0 Å². The summed E-state index contributed by atoms with van der Waals surface area (Å²) in [6.07, 6.45) is 0.361. The fourth-order valence-electron chi connectivity index (χ4n) is 4.21. The molecule has 1 unspecified atom stereocenters. The van der Waals surface area contributed by atoms with E-state index in [1.165, 1.54) is 18.7 Å². The van der Waals surface area contributed by atoms with Crippen molar-refractivity contribution in [2.45, 2.75) is 38.7 Å². The van der Waals surface area contributed by atoms with Crippen molar-refractivity contribution in [2.24, 2.45) is 0 Å². The molecule has 1 N–H and O–H groups in total. The molecular formula is C28H29NO5. The summed E-state index contributed by atoms with van der Waals surface area (Å²) >= 11 is 0. The van der Waals surface area contributed by atoms with Crippen LogP contribution in [0.4, 0.5) is 5.69 Å². The number of carbonyl (C=O) groups excluding carboxylic acids is 1. The highest BCUT2D eigenvalue weighted by atomic mass is 16.5. The number of carboxylic acids is 1. The first kappa shape index (κ1) is 23.4. The number of amides is 1. The van der Waals surface area contributed by atoms with Gasteiger partial charge in [0.2, 0.25) is 5.91 Å². The Kier molecular flexibility index (Phi) is 6.87. The van der Waals surface area contributed by atoms with E-state index in [1.54, 1.807) is 17.0 Å². The second-order valence-electron chi connectivity index (χ2n) is 8.85. The summed E-state index contributed by atoms with van der Waals surface area (Å²) in [4.78, 5) is 25.8. The molecule has 0 aromatic heterocycles. The van der Waals surface area contributed by atoms with Crippen LogP contribution in [0.5, 0.6) is 11.5 Å². The van der Waals surface area contributed by atoms with Crippen LogP contribution >= 0.6 is 0 Å². The normalized spacial score (nSPS) is 15.6. The Bertz CT molecular complexity index is 1170. The van der Waals surface area contributed by atoms with E-state index in [9.17, 15) is 14.7 Å². The van der Waals surface area contributed by atoms with E-state index < -0.39 is 5.97 Å². The average Bonchev–Trinajstić information content (AvgIpc) is 3.24. The molecule has 0 radical (unpaired) electrons. The number of carbonyl (C=O) groups is 2. The Labute approximate surface area is 199 Å². The number of hydrogen-bond acceptors (Lipinski definition) is 4. The highest BCUT2D eigenvalue weighted by Gasteiger charge is 2.32. The lowest BCUT2D eigenvalue weighted by atomic mass is 9.96. The van der Waals surface area contributed by atoms with Crippen LogP contribution in [0.2, 0.25) is 0 Å². The lowest BCUT2D eigenvalue weighted by Crippen LogP contribution is -2.24. The van der Waals surface area contributed by atoms with E-state index in [1.807, 2.05) is 24.3 Å². The second-order valence-corrected chi connectivity index (χ2v) is 8.85. The fourth-order valence-corrected chi connectivity index (χ4v) is 4.21. The number of anilines is 1. The molecule has 1 amide bonds. The molecule has 34 heavy (non-hydrogen) atoms. The molecule has 6 heteroatoms. The summed E-state index contributed by atoms with van der Waals surface area (Å²) < 4.78 is 11.2. The highest BCUT2D eigenvalue weighted by Crippen LogP contribution is 2.34. The Morgan fingerprint density at radius 3 is 2.38 bits per heavy atom. The molecule has 0 spiro atoms. The van der Waals surface area contributed by atoms with E-state index in [4.69, 9.17) is 9.47 Å². The molecule has 1 aliphatic heterocycles. The van der Waals surface area contributed by atoms with Crippen molar-refractivity contribution in [3.05, 3.63) is 89.0 Å². The van der Waals surface area contributed by atoms with Crippen molar-refractivity contribution >= 4 is 17.6 Å². The number of methoxy groups -OCH3 is 1. The van der Waals surface area contributed by atoms with Crippen LogP contribution in [0.3, 0.4) is 0 Å². The molecule has 1 saturated heterocycles. The van der Waals surface area contributed by atoms with E-state index in [0.29, 0.717) is 31.2 Å². The number of nitrogens with zero attached hydrogens (tertiary/aromatic N) is 1. The van der Waals surface area contributed by atoms with E-state index in [0.717, 1.165) is 22.6 Å². The van der Waals surface area contributed by atoms with Crippen molar-refractivity contribution in [3.63, 3.8) is 0 Å². The predicted molar refractivity (Wildman–Crippen MR) is 131 cm³/mol. The minimum atomic E-state index is -1.04. The van der Waals surface area contributed by atoms with Gasteiger partial charge in [0.1, 0.15) is 23.7 Å². The van der Waals surface area contributed by atoms with Gasteiger partial charge in [-0.15, -0.1) is 0 Å². The van der Waals surface area contributed by atoms with Gasteiger partial charge in [0.05, 0.1) is 7.11 Å². The molecule has 1 fully saturated rings. The van der Waals surface area contributed by atoms with Gasteiger partial charge in [-0.05, 0) is 59.0 Å². The molecule has 1 heterocycles. The maximum absolute atomic E-state index is 12.7. The third-order valence-electron chi connectivity index (χ3n) is 6.25. The van der Waals surface area contributed by atoms with Crippen LogP contribution in [0.1, 0.15) is 59.2 Å². The predicted octanol–water partition coefficient (Wildman–Crippen LogP) is 5.62. The van der Waals surface area contributed by atoms with Gasteiger partial charge in [-0.3, -0.25) is 4.79 Å².